The number of carbonyl (C=O) groups excluding carboxylic acids is 1. The number of carbonyl (C=O) groups is 1. The van der Waals surface area contributed by atoms with Crippen LogP contribution in [0.2, 0.25) is 0 Å². The third kappa shape index (κ3) is 4.70. The van der Waals surface area contributed by atoms with Gasteiger partial charge in [0.05, 0.1) is 6.04 Å². The molecule has 0 saturated carbocycles. The van der Waals surface area contributed by atoms with Gasteiger partial charge in [-0.1, -0.05) is 54.0 Å². The Balaban J connectivity index is 2.00. The Labute approximate surface area is 141 Å². The molecule has 2 aromatic carbocycles. The van der Waals surface area contributed by atoms with Gasteiger partial charge in [-0.2, -0.15) is 0 Å². The average Bonchev–Trinajstić information content (AvgIpc) is 2.48. The molecular weight excluding hydrogens is 338 g/mol. The molecule has 2 aromatic rings. The molecule has 0 unspecified atom stereocenters. The number of benzene rings is 2. The van der Waals surface area contributed by atoms with Crippen molar-refractivity contribution in [3.8, 4) is 0 Å². The molecule has 0 aliphatic rings. The van der Waals surface area contributed by atoms with Crippen LogP contribution in [0, 0.1) is 5.92 Å². The zero-order valence-electron chi connectivity index (χ0n) is 13.3. The Bertz CT molecular complexity index is 617. The van der Waals surface area contributed by atoms with Crippen LogP contribution >= 0.6 is 15.9 Å². The zero-order valence-corrected chi connectivity index (χ0v) is 14.9. The molecule has 1 atom stereocenters. The fourth-order valence-corrected chi connectivity index (χ4v) is 2.64. The number of amides is 1. The quantitative estimate of drug-likeness (QED) is 0.786. The van der Waals surface area contributed by atoms with Crippen molar-refractivity contribution in [2.24, 2.45) is 5.92 Å². The minimum absolute atomic E-state index is 0.00996. The number of halogens is 1. The highest BCUT2D eigenvalue weighted by molar-refractivity contribution is 9.10. The molecule has 116 valence electrons. The molecular formula is C19H22BrNO. The van der Waals surface area contributed by atoms with Crippen LogP contribution in [0.25, 0.3) is 0 Å². The maximum Gasteiger partial charge on any atom is 0.251 e. The van der Waals surface area contributed by atoms with Crippen molar-refractivity contribution in [2.75, 3.05) is 0 Å². The van der Waals surface area contributed by atoms with Crippen molar-refractivity contribution in [3.63, 3.8) is 0 Å². The second-order valence-corrected chi connectivity index (χ2v) is 6.96. The molecule has 0 aromatic heterocycles. The lowest BCUT2D eigenvalue weighted by atomic mass is 10.00. The molecule has 0 bridgehead atoms. The van der Waals surface area contributed by atoms with Gasteiger partial charge in [0.2, 0.25) is 0 Å². The standard InChI is InChI=1S/C19H22BrNO/c1-13(2)12-15-4-6-16(7-5-15)14(3)21-19(22)17-8-10-18(20)11-9-17/h4-11,13-14H,12H2,1-3H3,(H,21,22)/t14-/m0/s1. The third-order valence-electron chi connectivity index (χ3n) is 3.58. The summed E-state index contributed by atoms with van der Waals surface area (Å²) in [7, 11) is 0. The van der Waals surface area contributed by atoms with Crippen LogP contribution in [-0.4, -0.2) is 5.91 Å². The number of hydrogen-bond acceptors (Lipinski definition) is 1. The van der Waals surface area contributed by atoms with Gasteiger partial charge in [-0.15, -0.1) is 0 Å². The highest BCUT2D eigenvalue weighted by Crippen LogP contribution is 2.17. The first-order chi connectivity index (χ1) is 10.5. The summed E-state index contributed by atoms with van der Waals surface area (Å²) in [5, 5.41) is 3.04. The van der Waals surface area contributed by atoms with Crippen LogP contribution in [0.1, 0.15) is 48.3 Å². The smallest absolute Gasteiger partial charge is 0.251 e. The summed E-state index contributed by atoms with van der Waals surface area (Å²) in [6, 6.07) is 15.9. The summed E-state index contributed by atoms with van der Waals surface area (Å²) in [5.41, 5.74) is 3.13. The van der Waals surface area contributed by atoms with Crippen molar-refractivity contribution in [3.05, 3.63) is 69.7 Å². The number of rotatable bonds is 5. The molecule has 0 spiro atoms. The predicted molar refractivity (Wildman–Crippen MR) is 95.0 cm³/mol. The molecule has 0 radical (unpaired) electrons. The molecule has 1 amide bonds. The molecule has 0 heterocycles. The molecule has 0 aliphatic heterocycles. The molecule has 22 heavy (non-hydrogen) atoms. The van der Waals surface area contributed by atoms with Gasteiger partial charge < -0.3 is 5.32 Å². The van der Waals surface area contributed by atoms with Crippen molar-refractivity contribution in [1.82, 2.24) is 5.32 Å². The van der Waals surface area contributed by atoms with E-state index in [1.54, 1.807) is 0 Å². The van der Waals surface area contributed by atoms with Gasteiger partial charge in [-0.05, 0) is 54.7 Å². The average molecular weight is 360 g/mol. The maximum absolute atomic E-state index is 12.2. The van der Waals surface area contributed by atoms with E-state index in [4.69, 9.17) is 0 Å². The molecule has 0 saturated heterocycles. The minimum atomic E-state index is -0.0498. The predicted octanol–water partition coefficient (Wildman–Crippen LogP) is 5.14. The lowest BCUT2D eigenvalue weighted by Crippen LogP contribution is -2.26. The van der Waals surface area contributed by atoms with Crippen molar-refractivity contribution in [2.45, 2.75) is 33.2 Å². The number of nitrogens with one attached hydrogen (secondary N) is 1. The van der Waals surface area contributed by atoms with E-state index in [-0.39, 0.29) is 11.9 Å². The summed E-state index contributed by atoms with van der Waals surface area (Å²) in [6.07, 6.45) is 1.08. The van der Waals surface area contributed by atoms with Gasteiger partial charge in [0.15, 0.2) is 0 Å². The van der Waals surface area contributed by atoms with Crippen LogP contribution in [0.3, 0.4) is 0 Å². The number of hydrogen-bond donors (Lipinski definition) is 1. The van der Waals surface area contributed by atoms with Gasteiger partial charge in [-0.3, -0.25) is 4.79 Å². The van der Waals surface area contributed by atoms with Crippen LogP contribution in [0.4, 0.5) is 0 Å². The monoisotopic (exact) mass is 359 g/mol. The summed E-state index contributed by atoms with van der Waals surface area (Å²) in [5.74, 6) is 0.603. The van der Waals surface area contributed by atoms with Crippen LogP contribution in [0.5, 0.6) is 0 Å². The highest BCUT2D eigenvalue weighted by atomic mass is 79.9. The Morgan fingerprint density at radius 1 is 1.00 bits per heavy atom. The van der Waals surface area contributed by atoms with Crippen molar-refractivity contribution in [1.29, 1.82) is 0 Å². The first-order valence-electron chi connectivity index (χ1n) is 7.61. The molecule has 1 N–H and O–H groups in total. The zero-order chi connectivity index (χ0) is 16.1. The van der Waals surface area contributed by atoms with E-state index >= 15 is 0 Å². The third-order valence-corrected chi connectivity index (χ3v) is 4.11. The van der Waals surface area contributed by atoms with Crippen molar-refractivity contribution < 1.29 is 4.79 Å². The Kier molecular flexibility index (Phi) is 5.78. The SMILES string of the molecule is CC(C)Cc1ccc([C@H](C)NC(=O)c2ccc(Br)cc2)cc1. The topological polar surface area (TPSA) is 29.1 Å². The normalized spacial score (nSPS) is 12.2. The van der Waals surface area contributed by atoms with E-state index in [1.807, 2.05) is 31.2 Å². The Hall–Kier alpha value is -1.61. The molecule has 0 fully saturated rings. The first kappa shape index (κ1) is 16.8. The van der Waals surface area contributed by atoms with Crippen LogP contribution in [0.15, 0.2) is 53.0 Å². The second-order valence-electron chi connectivity index (χ2n) is 6.04. The maximum atomic E-state index is 12.2. The fourth-order valence-electron chi connectivity index (χ4n) is 2.38. The van der Waals surface area contributed by atoms with E-state index in [0.29, 0.717) is 11.5 Å². The van der Waals surface area contributed by atoms with Crippen LogP contribution < -0.4 is 5.32 Å². The van der Waals surface area contributed by atoms with Gasteiger partial charge in [-0.25, -0.2) is 0 Å². The van der Waals surface area contributed by atoms with Gasteiger partial charge in [0.1, 0.15) is 0 Å². The summed E-state index contributed by atoms with van der Waals surface area (Å²) >= 11 is 3.37. The minimum Gasteiger partial charge on any atom is -0.346 e. The molecule has 2 nitrogen and oxygen atoms in total. The Morgan fingerprint density at radius 3 is 2.14 bits per heavy atom. The first-order valence-corrected chi connectivity index (χ1v) is 8.40. The van der Waals surface area contributed by atoms with Gasteiger partial charge in [0, 0.05) is 10.0 Å². The molecule has 3 heteroatoms. The van der Waals surface area contributed by atoms with E-state index in [1.165, 1.54) is 5.56 Å². The van der Waals surface area contributed by atoms with E-state index < -0.39 is 0 Å². The summed E-state index contributed by atoms with van der Waals surface area (Å²) < 4.78 is 0.970. The van der Waals surface area contributed by atoms with E-state index in [2.05, 4.69) is 59.4 Å². The largest absolute Gasteiger partial charge is 0.346 e. The van der Waals surface area contributed by atoms with Crippen molar-refractivity contribution >= 4 is 21.8 Å². The van der Waals surface area contributed by atoms with Crippen LogP contribution in [-0.2, 0) is 6.42 Å². The Morgan fingerprint density at radius 2 is 1.59 bits per heavy atom. The van der Waals surface area contributed by atoms with E-state index in [9.17, 15) is 4.79 Å². The lowest BCUT2D eigenvalue weighted by Gasteiger charge is -2.15. The fraction of sp³-hybridized carbons (Fsp3) is 0.316. The summed E-state index contributed by atoms with van der Waals surface area (Å²) in [6.45, 7) is 6.44. The van der Waals surface area contributed by atoms with E-state index in [0.717, 1.165) is 16.5 Å². The second kappa shape index (κ2) is 7.59. The molecule has 2 rings (SSSR count). The van der Waals surface area contributed by atoms with Gasteiger partial charge in [0.25, 0.3) is 5.91 Å². The summed E-state index contributed by atoms with van der Waals surface area (Å²) in [4.78, 5) is 12.2. The highest BCUT2D eigenvalue weighted by Gasteiger charge is 2.11. The molecule has 0 aliphatic carbocycles. The lowest BCUT2D eigenvalue weighted by molar-refractivity contribution is 0.0940. The van der Waals surface area contributed by atoms with Gasteiger partial charge >= 0.3 is 0 Å².